The molecule has 112 valence electrons. The lowest BCUT2D eigenvalue weighted by Crippen LogP contribution is -2.29. The highest BCUT2D eigenvalue weighted by atomic mass is 16.5. The normalized spacial score (nSPS) is 20.8. The van der Waals surface area contributed by atoms with Crippen molar-refractivity contribution in [1.29, 1.82) is 5.26 Å². The van der Waals surface area contributed by atoms with Crippen molar-refractivity contribution in [1.82, 2.24) is 9.88 Å². The molecule has 1 N–H and O–H groups in total. The van der Waals surface area contributed by atoms with E-state index in [2.05, 4.69) is 4.98 Å². The maximum atomic E-state index is 11.1. The Labute approximate surface area is 127 Å². The Morgan fingerprint density at radius 2 is 2.23 bits per heavy atom. The molecule has 2 heterocycles. The van der Waals surface area contributed by atoms with E-state index in [1.54, 1.807) is 6.07 Å². The minimum Gasteiger partial charge on any atom is -0.472 e. The Hall–Kier alpha value is -2.81. The smallest absolute Gasteiger partial charge is 0.407 e. The van der Waals surface area contributed by atoms with Crippen LogP contribution < -0.4 is 4.74 Å². The first-order valence-electron chi connectivity index (χ1n) is 7.03. The number of amides is 1. The van der Waals surface area contributed by atoms with Crippen LogP contribution in [0.4, 0.5) is 4.79 Å². The third-order valence-electron chi connectivity index (χ3n) is 3.90. The minimum atomic E-state index is -0.943. The molecule has 0 saturated carbocycles. The van der Waals surface area contributed by atoms with Crippen LogP contribution in [-0.2, 0) is 0 Å². The Morgan fingerprint density at radius 3 is 2.91 bits per heavy atom. The van der Waals surface area contributed by atoms with Crippen molar-refractivity contribution < 1.29 is 14.6 Å². The Kier molecular flexibility index (Phi) is 3.55. The molecule has 2 unspecified atom stereocenters. The van der Waals surface area contributed by atoms with Crippen LogP contribution in [0.5, 0.6) is 5.88 Å². The van der Waals surface area contributed by atoms with Crippen LogP contribution in [0.3, 0.4) is 0 Å². The van der Waals surface area contributed by atoms with Crippen LogP contribution in [0, 0.1) is 17.2 Å². The highest BCUT2D eigenvalue weighted by Crippen LogP contribution is 2.28. The fourth-order valence-electron chi connectivity index (χ4n) is 2.70. The van der Waals surface area contributed by atoms with Crippen molar-refractivity contribution in [3.05, 3.63) is 36.0 Å². The third-order valence-corrected chi connectivity index (χ3v) is 3.90. The molecule has 1 fully saturated rings. The van der Waals surface area contributed by atoms with Crippen molar-refractivity contribution in [3.8, 4) is 11.9 Å². The van der Waals surface area contributed by atoms with Crippen molar-refractivity contribution >= 4 is 16.9 Å². The largest absolute Gasteiger partial charge is 0.472 e. The van der Waals surface area contributed by atoms with Gasteiger partial charge in [-0.15, -0.1) is 0 Å². The maximum absolute atomic E-state index is 11.1. The van der Waals surface area contributed by atoms with E-state index in [9.17, 15) is 4.79 Å². The fraction of sp³-hybridized carbons (Fsp3) is 0.312. The zero-order valence-electron chi connectivity index (χ0n) is 12.1. The fourth-order valence-corrected chi connectivity index (χ4v) is 2.70. The Bertz CT molecular complexity index is 769. The number of aromatic nitrogens is 1. The van der Waals surface area contributed by atoms with Gasteiger partial charge >= 0.3 is 6.09 Å². The zero-order valence-corrected chi connectivity index (χ0v) is 12.1. The molecule has 1 amide bonds. The molecule has 3 rings (SSSR count). The predicted molar refractivity (Wildman–Crippen MR) is 79.6 cm³/mol. The van der Waals surface area contributed by atoms with Gasteiger partial charge in [0.05, 0.1) is 6.54 Å². The second-order valence-electron chi connectivity index (χ2n) is 5.47. The first-order chi connectivity index (χ1) is 10.6. The molecule has 2 aromatic rings. The summed E-state index contributed by atoms with van der Waals surface area (Å²) in [5.41, 5.74) is 0.287. The van der Waals surface area contributed by atoms with Crippen molar-refractivity contribution in [2.45, 2.75) is 13.0 Å². The number of carboxylic acid groups (broad SMARTS) is 1. The molecule has 1 aromatic heterocycles. The molecule has 1 aromatic carbocycles. The van der Waals surface area contributed by atoms with Gasteiger partial charge in [0.25, 0.3) is 0 Å². The molecule has 1 aliphatic heterocycles. The number of rotatable bonds is 2. The van der Waals surface area contributed by atoms with Crippen LogP contribution in [0.2, 0.25) is 0 Å². The number of fused-ring (bicyclic) bond motifs is 1. The van der Waals surface area contributed by atoms with Gasteiger partial charge in [-0.2, -0.15) is 5.26 Å². The zero-order chi connectivity index (χ0) is 15.7. The molecule has 2 atom stereocenters. The number of likely N-dealkylation sites (tertiary alicyclic amines) is 1. The van der Waals surface area contributed by atoms with E-state index in [1.165, 1.54) is 4.90 Å². The average molecular weight is 297 g/mol. The van der Waals surface area contributed by atoms with Gasteiger partial charge in [-0.05, 0) is 17.5 Å². The molecule has 0 spiro atoms. The topological polar surface area (TPSA) is 86.5 Å². The second kappa shape index (κ2) is 5.53. The Balaban J connectivity index is 1.94. The minimum absolute atomic E-state index is 0.0717. The van der Waals surface area contributed by atoms with Gasteiger partial charge in [0, 0.05) is 17.8 Å². The molecule has 0 bridgehead atoms. The summed E-state index contributed by atoms with van der Waals surface area (Å²) < 4.78 is 5.96. The monoisotopic (exact) mass is 297 g/mol. The molecular formula is C16H15N3O3. The molecule has 22 heavy (non-hydrogen) atoms. The van der Waals surface area contributed by atoms with E-state index < -0.39 is 6.09 Å². The molecule has 6 nitrogen and oxygen atoms in total. The van der Waals surface area contributed by atoms with Crippen molar-refractivity contribution in [2.24, 2.45) is 5.92 Å². The van der Waals surface area contributed by atoms with Gasteiger partial charge in [-0.1, -0.05) is 25.1 Å². The van der Waals surface area contributed by atoms with E-state index in [0.29, 0.717) is 19.0 Å². The molecule has 0 radical (unpaired) electrons. The Morgan fingerprint density at radius 1 is 1.45 bits per heavy atom. The molecule has 0 aliphatic carbocycles. The number of carbonyl (C=O) groups is 1. The summed E-state index contributed by atoms with van der Waals surface area (Å²) in [5, 5.41) is 19.9. The summed E-state index contributed by atoms with van der Waals surface area (Å²) in [4.78, 5) is 16.6. The van der Waals surface area contributed by atoms with Gasteiger partial charge < -0.3 is 14.7 Å². The highest BCUT2D eigenvalue weighted by molar-refractivity contribution is 5.87. The number of ether oxygens (including phenoxy) is 1. The summed E-state index contributed by atoms with van der Waals surface area (Å²) in [5.74, 6) is 0.459. The van der Waals surface area contributed by atoms with E-state index in [0.717, 1.165) is 10.8 Å². The number of benzene rings is 1. The van der Waals surface area contributed by atoms with Crippen LogP contribution in [-0.4, -0.2) is 40.3 Å². The lowest BCUT2D eigenvalue weighted by molar-refractivity contribution is 0.143. The number of hydrogen-bond donors (Lipinski definition) is 1. The number of nitriles is 1. The average Bonchev–Trinajstić information content (AvgIpc) is 2.88. The van der Waals surface area contributed by atoms with Gasteiger partial charge in [-0.25, -0.2) is 9.78 Å². The van der Waals surface area contributed by atoms with Gasteiger partial charge in [0.1, 0.15) is 17.9 Å². The molecule has 1 saturated heterocycles. The molecule has 6 heteroatoms. The summed E-state index contributed by atoms with van der Waals surface area (Å²) in [7, 11) is 0. The number of nitrogens with zero attached hydrogens (tertiary/aromatic N) is 3. The first-order valence-corrected chi connectivity index (χ1v) is 7.03. The molecular weight excluding hydrogens is 282 g/mol. The number of hydrogen-bond acceptors (Lipinski definition) is 4. The van der Waals surface area contributed by atoms with Gasteiger partial charge in [0.15, 0.2) is 0 Å². The molecule has 1 aliphatic rings. The lowest BCUT2D eigenvalue weighted by Gasteiger charge is -2.17. The summed E-state index contributed by atoms with van der Waals surface area (Å²) in [6, 6.07) is 11.3. The quantitative estimate of drug-likeness (QED) is 0.920. The summed E-state index contributed by atoms with van der Waals surface area (Å²) >= 11 is 0. The van der Waals surface area contributed by atoms with E-state index >= 15 is 0 Å². The van der Waals surface area contributed by atoms with E-state index in [-0.39, 0.29) is 17.7 Å². The van der Waals surface area contributed by atoms with Gasteiger partial charge in [0.2, 0.25) is 5.88 Å². The predicted octanol–water partition coefficient (Wildman–Crippen LogP) is 2.48. The standard InChI is InChI=1S/C16H15N3O3/c1-10-8-19(16(20)21)9-14(10)22-15-13-5-3-2-4-11(13)6-12(7-17)18-15/h2-6,10,14H,8-9H2,1H3,(H,20,21). The summed E-state index contributed by atoms with van der Waals surface area (Å²) in [6.07, 6.45) is -1.21. The van der Waals surface area contributed by atoms with E-state index in [1.807, 2.05) is 37.3 Å². The van der Waals surface area contributed by atoms with Crippen LogP contribution in [0.15, 0.2) is 30.3 Å². The summed E-state index contributed by atoms with van der Waals surface area (Å²) in [6.45, 7) is 2.70. The van der Waals surface area contributed by atoms with Crippen LogP contribution in [0.25, 0.3) is 10.8 Å². The third kappa shape index (κ3) is 2.53. The van der Waals surface area contributed by atoms with Crippen LogP contribution >= 0.6 is 0 Å². The van der Waals surface area contributed by atoms with Crippen LogP contribution in [0.1, 0.15) is 12.6 Å². The highest BCUT2D eigenvalue weighted by Gasteiger charge is 2.34. The second-order valence-corrected chi connectivity index (χ2v) is 5.47. The lowest BCUT2D eigenvalue weighted by atomic mass is 10.1. The van der Waals surface area contributed by atoms with Gasteiger partial charge in [-0.3, -0.25) is 0 Å². The SMILES string of the molecule is CC1CN(C(=O)O)CC1Oc1nc(C#N)cc2ccccc12. The van der Waals surface area contributed by atoms with E-state index in [4.69, 9.17) is 15.1 Å². The maximum Gasteiger partial charge on any atom is 0.407 e. The van der Waals surface area contributed by atoms with Crippen molar-refractivity contribution in [2.75, 3.05) is 13.1 Å². The first kappa shape index (κ1) is 14.1. The number of pyridine rings is 1. The van der Waals surface area contributed by atoms with Crippen molar-refractivity contribution in [3.63, 3.8) is 0 Å².